The van der Waals surface area contributed by atoms with E-state index in [2.05, 4.69) is 27.1 Å². The van der Waals surface area contributed by atoms with Crippen LogP contribution in [0.2, 0.25) is 0 Å². The van der Waals surface area contributed by atoms with Crippen molar-refractivity contribution in [2.24, 2.45) is 0 Å². The number of aryl methyl sites for hydroxylation is 2. The number of nitrogens with one attached hydrogen (secondary N) is 1. The summed E-state index contributed by atoms with van der Waals surface area (Å²) in [5.74, 6) is 1.05. The van der Waals surface area contributed by atoms with E-state index in [-0.39, 0.29) is 0 Å². The fourth-order valence-corrected chi connectivity index (χ4v) is 1.95. The molecule has 1 fully saturated rings. The fraction of sp³-hybridized carbons (Fsp3) is 0.636. The van der Waals surface area contributed by atoms with Gasteiger partial charge in [-0.15, -0.1) is 0 Å². The maximum Gasteiger partial charge on any atom is 0.150 e. The van der Waals surface area contributed by atoms with Gasteiger partial charge in [0.25, 0.3) is 0 Å². The van der Waals surface area contributed by atoms with Gasteiger partial charge in [0.15, 0.2) is 5.82 Å². The molecule has 1 aliphatic heterocycles. The first kappa shape index (κ1) is 10.4. The summed E-state index contributed by atoms with van der Waals surface area (Å²) < 4.78 is 0. The zero-order valence-electron chi connectivity index (χ0n) is 9.62. The molecule has 0 amide bonds. The first-order valence-electron chi connectivity index (χ1n) is 5.46. The molecule has 4 heteroatoms. The monoisotopic (exact) mass is 206 g/mol. The van der Waals surface area contributed by atoms with E-state index >= 15 is 0 Å². The summed E-state index contributed by atoms with van der Waals surface area (Å²) in [6.45, 7) is 9.30. The van der Waals surface area contributed by atoms with Gasteiger partial charge in [0.1, 0.15) is 0 Å². The van der Waals surface area contributed by atoms with Crippen LogP contribution in [0.25, 0.3) is 0 Å². The molecule has 0 bridgehead atoms. The molecule has 0 aliphatic carbocycles. The summed E-state index contributed by atoms with van der Waals surface area (Å²) in [5.41, 5.74) is 2.01. The molecule has 1 unspecified atom stereocenters. The van der Waals surface area contributed by atoms with Gasteiger partial charge in [0, 0.05) is 31.9 Å². The standard InChI is InChI=1S/C11H18N4/c1-8-6-13-10(3)11(14-8)15-5-4-12-7-9(15)2/h6,9,12H,4-5,7H2,1-3H3. The van der Waals surface area contributed by atoms with Crippen molar-refractivity contribution in [2.45, 2.75) is 26.8 Å². The number of piperazine rings is 1. The largest absolute Gasteiger partial charge is 0.350 e. The number of nitrogens with zero attached hydrogens (tertiary/aromatic N) is 3. The molecular formula is C11H18N4. The van der Waals surface area contributed by atoms with Gasteiger partial charge in [0.2, 0.25) is 0 Å². The average Bonchev–Trinajstić information content (AvgIpc) is 2.23. The lowest BCUT2D eigenvalue weighted by atomic mass is 10.2. The summed E-state index contributed by atoms with van der Waals surface area (Å²) in [4.78, 5) is 11.3. The van der Waals surface area contributed by atoms with Crippen molar-refractivity contribution in [3.63, 3.8) is 0 Å². The van der Waals surface area contributed by atoms with Crippen molar-refractivity contribution < 1.29 is 0 Å². The Labute approximate surface area is 90.7 Å². The van der Waals surface area contributed by atoms with Crippen LogP contribution in [-0.4, -0.2) is 35.6 Å². The summed E-state index contributed by atoms with van der Waals surface area (Å²) in [6, 6.07) is 0.494. The van der Waals surface area contributed by atoms with Gasteiger partial charge in [-0.3, -0.25) is 4.98 Å². The molecule has 0 aromatic carbocycles. The number of anilines is 1. The molecule has 1 atom stereocenters. The van der Waals surface area contributed by atoms with Gasteiger partial charge < -0.3 is 10.2 Å². The first-order valence-corrected chi connectivity index (χ1v) is 5.46. The van der Waals surface area contributed by atoms with E-state index in [0.717, 1.165) is 36.8 Å². The molecule has 0 radical (unpaired) electrons. The second-order valence-corrected chi connectivity index (χ2v) is 4.17. The van der Waals surface area contributed by atoms with Crippen LogP contribution in [0, 0.1) is 13.8 Å². The van der Waals surface area contributed by atoms with E-state index in [1.807, 2.05) is 20.0 Å². The second kappa shape index (κ2) is 4.14. The zero-order chi connectivity index (χ0) is 10.8. The number of rotatable bonds is 1. The fourth-order valence-electron chi connectivity index (χ4n) is 1.95. The van der Waals surface area contributed by atoms with Gasteiger partial charge >= 0.3 is 0 Å². The van der Waals surface area contributed by atoms with Crippen LogP contribution >= 0.6 is 0 Å². The third-order valence-corrected chi connectivity index (χ3v) is 2.82. The second-order valence-electron chi connectivity index (χ2n) is 4.17. The van der Waals surface area contributed by atoms with Crippen molar-refractivity contribution >= 4 is 5.82 Å². The van der Waals surface area contributed by atoms with Crippen molar-refractivity contribution in [2.75, 3.05) is 24.5 Å². The van der Waals surface area contributed by atoms with E-state index in [9.17, 15) is 0 Å². The molecule has 4 nitrogen and oxygen atoms in total. The third kappa shape index (κ3) is 2.09. The average molecular weight is 206 g/mol. The van der Waals surface area contributed by atoms with Crippen LogP contribution in [0.3, 0.4) is 0 Å². The normalized spacial score (nSPS) is 21.8. The maximum absolute atomic E-state index is 4.58. The topological polar surface area (TPSA) is 41.1 Å². The Hall–Kier alpha value is -1.16. The van der Waals surface area contributed by atoms with Gasteiger partial charge in [-0.2, -0.15) is 0 Å². The Morgan fingerprint density at radius 1 is 1.47 bits per heavy atom. The quantitative estimate of drug-likeness (QED) is 0.741. The van der Waals surface area contributed by atoms with Crippen molar-refractivity contribution in [1.29, 1.82) is 0 Å². The lowest BCUT2D eigenvalue weighted by Gasteiger charge is -2.35. The Kier molecular flexibility index (Phi) is 2.86. The molecule has 1 aromatic rings. The summed E-state index contributed by atoms with van der Waals surface area (Å²) >= 11 is 0. The van der Waals surface area contributed by atoms with Crippen LogP contribution in [-0.2, 0) is 0 Å². The molecule has 2 rings (SSSR count). The third-order valence-electron chi connectivity index (χ3n) is 2.82. The first-order chi connectivity index (χ1) is 7.18. The molecule has 1 N–H and O–H groups in total. The Balaban J connectivity index is 2.30. The molecule has 82 valence electrons. The van der Waals surface area contributed by atoms with E-state index in [4.69, 9.17) is 0 Å². The van der Waals surface area contributed by atoms with Crippen LogP contribution in [0.4, 0.5) is 5.82 Å². The lowest BCUT2D eigenvalue weighted by Crippen LogP contribution is -2.50. The van der Waals surface area contributed by atoms with Crippen LogP contribution in [0.15, 0.2) is 6.20 Å². The highest BCUT2D eigenvalue weighted by Gasteiger charge is 2.21. The summed E-state index contributed by atoms with van der Waals surface area (Å²) in [5, 5.41) is 3.38. The number of aromatic nitrogens is 2. The molecule has 1 saturated heterocycles. The SMILES string of the molecule is Cc1cnc(C)c(N2CCNCC2C)n1. The lowest BCUT2D eigenvalue weighted by molar-refractivity contribution is 0.495. The van der Waals surface area contributed by atoms with E-state index in [1.54, 1.807) is 0 Å². The molecule has 2 heterocycles. The molecule has 1 aliphatic rings. The minimum Gasteiger partial charge on any atom is -0.350 e. The number of hydrogen-bond acceptors (Lipinski definition) is 4. The van der Waals surface area contributed by atoms with E-state index in [0.29, 0.717) is 6.04 Å². The smallest absolute Gasteiger partial charge is 0.150 e. The highest BCUT2D eigenvalue weighted by molar-refractivity contribution is 5.44. The minimum atomic E-state index is 0.494. The molecule has 0 saturated carbocycles. The predicted molar refractivity (Wildman–Crippen MR) is 61.2 cm³/mol. The Morgan fingerprint density at radius 2 is 2.27 bits per heavy atom. The van der Waals surface area contributed by atoms with Gasteiger partial charge in [-0.25, -0.2) is 4.98 Å². The molecule has 15 heavy (non-hydrogen) atoms. The van der Waals surface area contributed by atoms with Crippen LogP contribution < -0.4 is 10.2 Å². The Morgan fingerprint density at radius 3 is 3.00 bits per heavy atom. The van der Waals surface area contributed by atoms with Crippen molar-refractivity contribution in [3.8, 4) is 0 Å². The molecular weight excluding hydrogens is 188 g/mol. The summed E-state index contributed by atoms with van der Waals surface area (Å²) in [7, 11) is 0. The van der Waals surface area contributed by atoms with Gasteiger partial charge in [-0.05, 0) is 20.8 Å². The van der Waals surface area contributed by atoms with Crippen molar-refractivity contribution in [3.05, 3.63) is 17.6 Å². The van der Waals surface area contributed by atoms with Crippen LogP contribution in [0.5, 0.6) is 0 Å². The zero-order valence-corrected chi connectivity index (χ0v) is 9.62. The number of hydrogen-bond donors (Lipinski definition) is 1. The Bertz CT molecular complexity index is 350. The summed E-state index contributed by atoms with van der Waals surface area (Å²) in [6.07, 6.45) is 1.83. The van der Waals surface area contributed by atoms with E-state index < -0.39 is 0 Å². The van der Waals surface area contributed by atoms with Gasteiger partial charge in [0.05, 0.1) is 11.4 Å². The maximum atomic E-state index is 4.58. The highest BCUT2D eigenvalue weighted by atomic mass is 15.3. The van der Waals surface area contributed by atoms with Crippen LogP contribution in [0.1, 0.15) is 18.3 Å². The van der Waals surface area contributed by atoms with Gasteiger partial charge in [-0.1, -0.05) is 0 Å². The predicted octanol–water partition coefficient (Wildman–Crippen LogP) is 0.892. The van der Waals surface area contributed by atoms with Crippen molar-refractivity contribution in [1.82, 2.24) is 15.3 Å². The molecule has 1 aromatic heterocycles. The van der Waals surface area contributed by atoms with E-state index in [1.165, 1.54) is 0 Å². The molecule has 0 spiro atoms. The highest BCUT2D eigenvalue weighted by Crippen LogP contribution is 2.18. The minimum absolute atomic E-state index is 0.494.